The van der Waals surface area contributed by atoms with Gasteiger partial charge in [0.25, 0.3) is 5.91 Å². The first kappa shape index (κ1) is 22.5. The fourth-order valence-corrected chi connectivity index (χ4v) is 4.80. The van der Waals surface area contributed by atoms with Gasteiger partial charge in [-0.25, -0.2) is 9.97 Å². The van der Waals surface area contributed by atoms with Gasteiger partial charge in [0.2, 0.25) is 5.95 Å². The summed E-state index contributed by atoms with van der Waals surface area (Å²) in [5.41, 5.74) is 4.91. The Balaban J connectivity index is 1.27. The molecule has 3 aromatic heterocycles. The van der Waals surface area contributed by atoms with E-state index in [0.717, 1.165) is 60.6 Å². The second-order valence-corrected chi connectivity index (χ2v) is 9.41. The smallest absolute Gasteiger partial charge is 0.272 e. The number of fused-ring (bicyclic) bond motifs is 1. The zero-order valence-electron chi connectivity index (χ0n) is 20.3. The monoisotopic (exact) mass is 483 g/mol. The third-order valence-corrected chi connectivity index (χ3v) is 6.79. The van der Waals surface area contributed by atoms with Gasteiger partial charge in [-0.15, -0.1) is 0 Å². The van der Waals surface area contributed by atoms with Crippen LogP contribution in [0.4, 0.5) is 0 Å². The van der Waals surface area contributed by atoms with Crippen LogP contribution in [-0.4, -0.2) is 54.8 Å². The quantitative estimate of drug-likeness (QED) is 0.415. The molecule has 0 atom stereocenters. The Bertz CT molecular complexity index is 1370. The molecule has 0 unspecified atom stereocenters. The van der Waals surface area contributed by atoms with E-state index in [2.05, 4.69) is 32.3 Å². The largest absolute Gasteiger partial charge is 0.497 e. The Kier molecular flexibility index (Phi) is 5.98. The summed E-state index contributed by atoms with van der Waals surface area (Å²) in [7, 11) is 1.67. The SMILES string of the molecule is COc1cccc(Cn2nc(C(=O)NC3CC3)c3c2CCN(Cc2cccn2-c2ncccn2)C3)c1. The zero-order chi connectivity index (χ0) is 24.5. The van der Waals surface area contributed by atoms with E-state index in [1.54, 1.807) is 19.5 Å². The van der Waals surface area contributed by atoms with Crippen LogP contribution in [0, 0.1) is 0 Å². The first-order valence-corrected chi connectivity index (χ1v) is 12.4. The van der Waals surface area contributed by atoms with E-state index in [1.807, 2.05) is 45.8 Å². The van der Waals surface area contributed by atoms with Crippen LogP contribution >= 0.6 is 0 Å². The highest BCUT2D eigenvalue weighted by Crippen LogP contribution is 2.27. The van der Waals surface area contributed by atoms with Crippen molar-refractivity contribution >= 4 is 5.91 Å². The number of carbonyl (C=O) groups excluding carboxylic acids is 1. The summed E-state index contributed by atoms with van der Waals surface area (Å²) < 4.78 is 9.41. The molecule has 184 valence electrons. The third-order valence-electron chi connectivity index (χ3n) is 6.79. The van der Waals surface area contributed by atoms with Crippen molar-refractivity contribution in [2.75, 3.05) is 13.7 Å². The Morgan fingerprint density at radius 1 is 1.11 bits per heavy atom. The molecule has 9 nitrogen and oxygen atoms in total. The highest BCUT2D eigenvalue weighted by Gasteiger charge is 2.31. The molecule has 1 N–H and O–H groups in total. The topological polar surface area (TPSA) is 90.1 Å². The number of hydrogen-bond donors (Lipinski definition) is 1. The summed E-state index contributed by atoms with van der Waals surface area (Å²) in [4.78, 5) is 24.3. The lowest BCUT2D eigenvalue weighted by atomic mass is 10.0. The Labute approximate surface area is 209 Å². The highest BCUT2D eigenvalue weighted by molar-refractivity contribution is 5.94. The summed E-state index contributed by atoms with van der Waals surface area (Å²) in [6, 6.07) is 14.2. The molecular formula is C27H29N7O2. The average molecular weight is 484 g/mol. The summed E-state index contributed by atoms with van der Waals surface area (Å²) in [6.07, 6.45) is 8.40. The van der Waals surface area contributed by atoms with Crippen LogP contribution in [0.2, 0.25) is 0 Å². The number of aromatic nitrogens is 5. The van der Waals surface area contributed by atoms with Gasteiger partial charge in [0, 0.05) is 67.6 Å². The number of amides is 1. The van der Waals surface area contributed by atoms with Crippen LogP contribution in [0.15, 0.2) is 61.1 Å². The maximum Gasteiger partial charge on any atom is 0.272 e. The summed E-state index contributed by atoms with van der Waals surface area (Å²) in [5.74, 6) is 1.41. The van der Waals surface area contributed by atoms with Crippen molar-refractivity contribution in [2.24, 2.45) is 0 Å². The van der Waals surface area contributed by atoms with Crippen molar-refractivity contribution in [3.05, 3.63) is 89.3 Å². The minimum absolute atomic E-state index is 0.0685. The van der Waals surface area contributed by atoms with E-state index in [4.69, 9.17) is 9.84 Å². The van der Waals surface area contributed by atoms with E-state index in [-0.39, 0.29) is 11.9 Å². The number of benzene rings is 1. The predicted molar refractivity (Wildman–Crippen MR) is 134 cm³/mol. The number of nitrogens with one attached hydrogen (secondary N) is 1. The van der Waals surface area contributed by atoms with Crippen LogP contribution in [-0.2, 0) is 26.1 Å². The molecule has 9 heteroatoms. The maximum absolute atomic E-state index is 13.1. The highest BCUT2D eigenvalue weighted by atomic mass is 16.5. The van der Waals surface area contributed by atoms with Crippen molar-refractivity contribution in [2.45, 2.75) is 44.9 Å². The van der Waals surface area contributed by atoms with Crippen molar-refractivity contribution in [3.63, 3.8) is 0 Å². The van der Waals surface area contributed by atoms with Crippen molar-refractivity contribution in [3.8, 4) is 11.7 Å². The van der Waals surface area contributed by atoms with Gasteiger partial charge in [-0.3, -0.25) is 18.9 Å². The fraction of sp³-hybridized carbons (Fsp3) is 0.333. The molecular weight excluding hydrogens is 454 g/mol. The molecule has 1 amide bonds. The predicted octanol–water partition coefficient (Wildman–Crippen LogP) is 2.97. The van der Waals surface area contributed by atoms with Gasteiger partial charge < -0.3 is 10.1 Å². The van der Waals surface area contributed by atoms with Crippen LogP contribution in [0.3, 0.4) is 0 Å². The number of methoxy groups -OCH3 is 1. The van der Waals surface area contributed by atoms with E-state index in [9.17, 15) is 4.79 Å². The third kappa shape index (κ3) is 4.61. The molecule has 1 aliphatic carbocycles. The second-order valence-electron chi connectivity index (χ2n) is 9.41. The molecule has 0 spiro atoms. The molecule has 0 bridgehead atoms. The normalized spacial score (nSPS) is 15.5. The molecule has 36 heavy (non-hydrogen) atoms. The summed E-state index contributed by atoms with van der Waals surface area (Å²) in [6.45, 7) is 2.88. The van der Waals surface area contributed by atoms with Crippen molar-refractivity contribution < 1.29 is 9.53 Å². The second kappa shape index (κ2) is 9.58. The Morgan fingerprint density at radius 3 is 2.78 bits per heavy atom. The minimum atomic E-state index is -0.0685. The van der Waals surface area contributed by atoms with Crippen LogP contribution in [0.5, 0.6) is 5.75 Å². The summed E-state index contributed by atoms with van der Waals surface area (Å²) >= 11 is 0. The Morgan fingerprint density at radius 2 is 1.97 bits per heavy atom. The number of carbonyl (C=O) groups is 1. The molecule has 1 aromatic carbocycles. The van der Waals surface area contributed by atoms with E-state index in [0.29, 0.717) is 24.7 Å². The van der Waals surface area contributed by atoms with E-state index < -0.39 is 0 Å². The van der Waals surface area contributed by atoms with Gasteiger partial charge in [-0.2, -0.15) is 5.10 Å². The lowest BCUT2D eigenvalue weighted by molar-refractivity contribution is 0.0943. The van der Waals surface area contributed by atoms with Gasteiger partial charge in [0.05, 0.1) is 13.7 Å². The molecule has 0 radical (unpaired) electrons. The van der Waals surface area contributed by atoms with Crippen LogP contribution < -0.4 is 10.1 Å². The van der Waals surface area contributed by atoms with Crippen LogP contribution in [0.1, 0.15) is 45.8 Å². The Hall–Kier alpha value is -3.98. The summed E-state index contributed by atoms with van der Waals surface area (Å²) in [5, 5.41) is 7.96. The molecule has 1 fully saturated rings. The van der Waals surface area contributed by atoms with E-state index in [1.165, 1.54) is 0 Å². The molecule has 0 saturated heterocycles. The molecule has 4 heterocycles. The van der Waals surface area contributed by atoms with Gasteiger partial charge in [0.15, 0.2) is 5.69 Å². The molecule has 1 aliphatic heterocycles. The lowest BCUT2D eigenvalue weighted by Crippen LogP contribution is -2.33. The first-order valence-electron chi connectivity index (χ1n) is 12.4. The number of nitrogens with zero attached hydrogens (tertiary/aromatic N) is 6. The van der Waals surface area contributed by atoms with Gasteiger partial charge in [0.1, 0.15) is 5.75 Å². The molecule has 1 saturated carbocycles. The maximum atomic E-state index is 13.1. The molecule has 2 aliphatic rings. The first-order chi connectivity index (χ1) is 17.7. The van der Waals surface area contributed by atoms with Crippen LogP contribution in [0.25, 0.3) is 5.95 Å². The van der Waals surface area contributed by atoms with Gasteiger partial charge in [-0.1, -0.05) is 12.1 Å². The van der Waals surface area contributed by atoms with E-state index >= 15 is 0 Å². The molecule has 6 rings (SSSR count). The average Bonchev–Trinajstić information content (AvgIpc) is 3.48. The van der Waals surface area contributed by atoms with Crippen molar-refractivity contribution in [1.82, 2.24) is 34.5 Å². The zero-order valence-corrected chi connectivity index (χ0v) is 20.3. The standard InChI is InChI=1S/C27H29N7O2/c1-36-22-7-2-5-19(15-22)16-34-24-10-14-32(18-23(24)25(31-34)26(35)30-20-8-9-20)17-21-6-3-13-33(21)27-28-11-4-12-29-27/h2-7,11-13,15,20H,8-10,14,16-18H2,1H3,(H,30,35). The van der Waals surface area contributed by atoms with Crippen molar-refractivity contribution in [1.29, 1.82) is 0 Å². The lowest BCUT2D eigenvalue weighted by Gasteiger charge is -2.28. The number of rotatable bonds is 8. The fourth-order valence-electron chi connectivity index (χ4n) is 4.80. The molecule has 4 aromatic rings. The van der Waals surface area contributed by atoms with Gasteiger partial charge >= 0.3 is 0 Å². The minimum Gasteiger partial charge on any atom is -0.497 e. The number of hydrogen-bond acceptors (Lipinski definition) is 6. The number of ether oxygens (including phenoxy) is 1. The van der Waals surface area contributed by atoms with Gasteiger partial charge in [-0.05, 0) is 48.7 Å².